The van der Waals surface area contributed by atoms with Crippen molar-refractivity contribution in [3.8, 4) is 0 Å². The van der Waals surface area contributed by atoms with E-state index in [-0.39, 0.29) is 34.6 Å². The van der Waals surface area contributed by atoms with Gasteiger partial charge in [0, 0.05) is 8.99 Å². The summed E-state index contributed by atoms with van der Waals surface area (Å²) in [5, 5.41) is 11.6. The molecule has 0 bridgehead atoms. The van der Waals surface area contributed by atoms with E-state index >= 15 is 0 Å². The highest BCUT2D eigenvalue weighted by Crippen LogP contribution is 2.67. The predicted molar refractivity (Wildman–Crippen MR) is 140 cm³/mol. The van der Waals surface area contributed by atoms with Crippen LogP contribution < -0.4 is 0 Å². The van der Waals surface area contributed by atoms with Crippen LogP contribution in [0.1, 0.15) is 83.0 Å². The molecule has 1 aromatic carbocycles. The van der Waals surface area contributed by atoms with E-state index in [0.29, 0.717) is 23.3 Å². The van der Waals surface area contributed by atoms with E-state index in [9.17, 15) is 14.7 Å². The molecule has 0 radical (unpaired) electrons. The van der Waals surface area contributed by atoms with Crippen molar-refractivity contribution >= 4 is 34.3 Å². The molecule has 0 aromatic heterocycles. The summed E-state index contributed by atoms with van der Waals surface area (Å²) in [6.45, 7) is 8.21. The smallest absolute Gasteiger partial charge is 0.338 e. The summed E-state index contributed by atoms with van der Waals surface area (Å²) in [5.41, 5.74) is 0.712. The number of ether oxygens (including phenoxy) is 1. The Kier molecular flexibility index (Phi) is 6.07. The maximum Gasteiger partial charge on any atom is 0.338 e. The van der Waals surface area contributed by atoms with Gasteiger partial charge in [0.15, 0.2) is 5.78 Å². The van der Waals surface area contributed by atoms with Crippen LogP contribution >= 0.6 is 22.6 Å². The van der Waals surface area contributed by atoms with Crippen molar-refractivity contribution in [2.45, 2.75) is 84.3 Å². The van der Waals surface area contributed by atoms with Crippen molar-refractivity contribution in [1.82, 2.24) is 0 Å². The van der Waals surface area contributed by atoms with Crippen molar-refractivity contribution in [3.05, 3.63) is 45.0 Å². The molecule has 3 saturated carbocycles. The summed E-state index contributed by atoms with van der Waals surface area (Å²) < 4.78 is 7.02. The first-order chi connectivity index (χ1) is 16.0. The molecule has 34 heavy (non-hydrogen) atoms. The Morgan fingerprint density at radius 1 is 1.15 bits per heavy atom. The fourth-order valence-corrected chi connectivity index (χ4v) is 9.07. The number of fused-ring (bicyclic) bond motifs is 5. The van der Waals surface area contributed by atoms with E-state index in [4.69, 9.17) is 4.74 Å². The average Bonchev–Trinajstić information content (AvgIpc) is 3.01. The van der Waals surface area contributed by atoms with Crippen molar-refractivity contribution in [2.75, 3.05) is 0 Å². The lowest BCUT2D eigenvalue weighted by atomic mass is 9.48. The third kappa shape index (κ3) is 3.47. The molecule has 0 spiro atoms. The molecule has 0 amide bonds. The van der Waals surface area contributed by atoms with Gasteiger partial charge in [0.2, 0.25) is 0 Å². The molecule has 0 heterocycles. The number of allylic oxidation sites excluding steroid dienone is 2. The van der Waals surface area contributed by atoms with Crippen molar-refractivity contribution in [3.63, 3.8) is 0 Å². The highest BCUT2D eigenvalue weighted by molar-refractivity contribution is 14.1. The van der Waals surface area contributed by atoms with Crippen LogP contribution in [0.15, 0.2) is 35.9 Å². The molecule has 0 aliphatic heterocycles. The minimum atomic E-state index is -1.22. The molecular formula is C29H37IO4. The summed E-state index contributed by atoms with van der Waals surface area (Å²) in [4.78, 5) is 25.4. The zero-order valence-electron chi connectivity index (χ0n) is 20.8. The summed E-state index contributed by atoms with van der Waals surface area (Å²) in [6, 6.07) is 7.60. The van der Waals surface area contributed by atoms with E-state index in [1.54, 1.807) is 12.5 Å². The minimum absolute atomic E-state index is 0.00512. The van der Waals surface area contributed by atoms with E-state index in [1.807, 2.05) is 24.3 Å². The minimum Gasteiger partial charge on any atom is -0.459 e. The zero-order valence-corrected chi connectivity index (χ0v) is 22.9. The fraction of sp³-hybridized carbons (Fsp3) is 0.655. The quantitative estimate of drug-likeness (QED) is 0.259. The Morgan fingerprint density at radius 2 is 1.91 bits per heavy atom. The largest absolute Gasteiger partial charge is 0.459 e. The Morgan fingerprint density at radius 3 is 2.62 bits per heavy atom. The van der Waals surface area contributed by atoms with E-state index in [2.05, 4.69) is 49.4 Å². The number of benzene rings is 1. The normalized spacial score (nSPS) is 43.2. The van der Waals surface area contributed by atoms with Crippen LogP contribution in [-0.2, 0) is 9.53 Å². The van der Waals surface area contributed by atoms with E-state index in [1.165, 1.54) is 0 Å². The van der Waals surface area contributed by atoms with Crippen LogP contribution in [0.25, 0.3) is 0 Å². The first kappa shape index (κ1) is 24.5. The van der Waals surface area contributed by atoms with Crippen LogP contribution in [0.2, 0.25) is 0 Å². The summed E-state index contributed by atoms with van der Waals surface area (Å²) in [7, 11) is 0. The highest BCUT2D eigenvalue weighted by atomic mass is 127. The monoisotopic (exact) mass is 576 g/mol. The SMILES string of the molecule is CC(=O)[C@@]1(O)C(C)CC2C3CC[C@H]4C[C@H](OC(=O)c5cccc(I)c5)CCC4(C)C3=CCC21C. The maximum absolute atomic E-state index is 12.8. The summed E-state index contributed by atoms with van der Waals surface area (Å²) in [6.07, 6.45) is 9.14. The maximum atomic E-state index is 12.8. The van der Waals surface area contributed by atoms with Crippen LogP contribution in [0.4, 0.5) is 0 Å². The fourth-order valence-electron chi connectivity index (χ4n) is 8.52. The standard InChI is InChI=1S/C29H37IO4/c1-17-14-25-23-9-8-20-16-22(34-26(32)19-6-5-7-21(30)15-19)10-12-27(20,3)24(23)11-13-28(25,4)29(17,33)18(2)31/h5-7,11,15,17,20,22-23,25,33H,8-10,12-14,16H2,1-4H3/t17?,20-,22+,23?,25?,27?,28?,29-/m0/s1. The third-order valence-corrected chi connectivity index (χ3v) is 11.1. The van der Waals surface area contributed by atoms with Gasteiger partial charge in [0.25, 0.3) is 0 Å². The van der Waals surface area contributed by atoms with E-state index < -0.39 is 5.60 Å². The second-order valence-corrected chi connectivity index (χ2v) is 13.2. The number of rotatable bonds is 3. The number of halogens is 1. The molecule has 1 N–H and O–H groups in total. The predicted octanol–water partition coefficient (Wildman–Crippen LogP) is 6.35. The molecule has 0 saturated heterocycles. The Labute approximate surface area is 217 Å². The highest BCUT2D eigenvalue weighted by Gasteiger charge is 2.66. The first-order valence-corrected chi connectivity index (χ1v) is 14.0. The van der Waals surface area contributed by atoms with Gasteiger partial charge in [0.1, 0.15) is 11.7 Å². The number of carbonyl (C=O) groups is 2. The van der Waals surface area contributed by atoms with Crippen molar-refractivity contribution in [2.24, 2.45) is 34.5 Å². The number of aliphatic hydroxyl groups is 1. The zero-order chi connectivity index (χ0) is 24.5. The number of ketones is 1. The molecular weight excluding hydrogens is 539 g/mol. The third-order valence-electron chi connectivity index (χ3n) is 10.4. The molecule has 8 atom stereocenters. The molecule has 5 rings (SSSR count). The summed E-state index contributed by atoms with van der Waals surface area (Å²) >= 11 is 2.22. The van der Waals surface area contributed by atoms with Gasteiger partial charge in [-0.2, -0.15) is 0 Å². The summed E-state index contributed by atoms with van der Waals surface area (Å²) in [5.74, 6) is 1.02. The van der Waals surface area contributed by atoms with Crippen LogP contribution in [0, 0.1) is 38.1 Å². The van der Waals surface area contributed by atoms with Gasteiger partial charge in [-0.3, -0.25) is 4.79 Å². The number of Topliss-reactive ketones (excluding diaryl/α,β-unsaturated/α-hetero) is 1. The van der Waals surface area contributed by atoms with Gasteiger partial charge in [0.05, 0.1) is 5.56 Å². The van der Waals surface area contributed by atoms with Crippen molar-refractivity contribution in [1.29, 1.82) is 0 Å². The van der Waals surface area contributed by atoms with Gasteiger partial charge in [-0.1, -0.05) is 38.5 Å². The number of hydrogen-bond donors (Lipinski definition) is 1. The lowest BCUT2D eigenvalue weighted by molar-refractivity contribution is -0.156. The molecule has 3 fully saturated rings. The first-order valence-electron chi connectivity index (χ1n) is 12.9. The number of hydrogen-bond acceptors (Lipinski definition) is 4. The lowest BCUT2D eigenvalue weighted by Crippen LogP contribution is -2.56. The van der Waals surface area contributed by atoms with Crippen LogP contribution in [0.5, 0.6) is 0 Å². The lowest BCUT2D eigenvalue weighted by Gasteiger charge is -2.57. The molecule has 4 nitrogen and oxygen atoms in total. The average molecular weight is 577 g/mol. The number of carbonyl (C=O) groups excluding carboxylic acids is 2. The van der Waals surface area contributed by atoms with Gasteiger partial charge in [-0.15, -0.1) is 0 Å². The van der Waals surface area contributed by atoms with Crippen molar-refractivity contribution < 1.29 is 19.4 Å². The van der Waals surface area contributed by atoms with Gasteiger partial charge in [-0.25, -0.2) is 4.79 Å². The van der Waals surface area contributed by atoms with Gasteiger partial charge >= 0.3 is 5.97 Å². The molecule has 1 aromatic rings. The van der Waals surface area contributed by atoms with Gasteiger partial charge in [-0.05, 0) is 122 Å². The second kappa shape index (κ2) is 8.43. The topological polar surface area (TPSA) is 63.6 Å². The second-order valence-electron chi connectivity index (χ2n) is 12.0. The number of esters is 1. The van der Waals surface area contributed by atoms with Crippen LogP contribution in [-0.4, -0.2) is 28.6 Å². The van der Waals surface area contributed by atoms with Crippen LogP contribution in [0.3, 0.4) is 0 Å². The Hall–Kier alpha value is -1.21. The molecule has 5 unspecified atom stereocenters. The Balaban J connectivity index is 1.35. The molecule has 184 valence electrons. The Bertz CT molecular complexity index is 1050. The molecule has 4 aliphatic carbocycles. The van der Waals surface area contributed by atoms with E-state index in [0.717, 1.165) is 48.5 Å². The molecule has 5 heteroatoms. The van der Waals surface area contributed by atoms with Gasteiger partial charge < -0.3 is 9.84 Å². The molecule has 4 aliphatic rings.